The van der Waals surface area contributed by atoms with Crippen LogP contribution < -0.4 is 5.73 Å². The Morgan fingerprint density at radius 3 is 2.67 bits per heavy atom. The molecule has 0 aliphatic rings. The highest BCUT2D eigenvalue weighted by atomic mass is 32.2. The van der Waals surface area contributed by atoms with Gasteiger partial charge in [-0.05, 0) is 31.2 Å². The molecule has 0 spiro atoms. The first-order valence-electron chi connectivity index (χ1n) is 7.00. The third-order valence-electron chi connectivity index (χ3n) is 3.26. The summed E-state index contributed by atoms with van der Waals surface area (Å²) >= 11 is 3.56. The van der Waals surface area contributed by atoms with Gasteiger partial charge in [0.05, 0.1) is 15.2 Å². The molecule has 2 aromatic carbocycles. The van der Waals surface area contributed by atoms with Gasteiger partial charge < -0.3 is 5.73 Å². The van der Waals surface area contributed by atoms with E-state index in [1.54, 1.807) is 11.3 Å². The normalized spacial score (nSPS) is 12.7. The first kappa shape index (κ1) is 14.6. The summed E-state index contributed by atoms with van der Waals surface area (Å²) in [6.07, 6.45) is 0.845. The summed E-state index contributed by atoms with van der Waals surface area (Å²) in [6, 6.07) is 17.0. The highest BCUT2D eigenvalue weighted by Gasteiger charge is 2.09. The molecule has 0 aliphatic heterocycles. The zero-order valence-corrected chi connectivity index (χ0v) is 13.6. The number of thiazole rings is 1. The molecule has 1 atom stereocenters. The van der Waals surface area contributed by atoms with Crippen LogP contribution >= 0.6 is 23.1 Å². The van der Waals surface area contributed by atoms with Gasteiger partial charge in [-0.25, -0.2) is 4.98 Å². The molecule has 0 fully saturated rings. The highest BCUT2D eigenvalue weighted by Crippen LogP contribution is 2.24. The fourth-order valence-electron chi connectivity index (χ4n) is 2.13. The topological polar surface area (TPSA) is 38.9 Å². The summed E-state index contributed by atoms with van der Waals surface area (Å²) < 4.78 is 1.24. The van der Waals surface area contributed by atoms with Gasteiger partial charge in [-0.1, -0.05) is 29.8 Å². The van der Waals surface area contributed by atoms with Gasteiger partial charge in [-0.3, -0.25) is 0 Å². The average Bonchev–Trinajstić information content (AvgIpc) is 2.88. The minimum Gasteiger partial charge on any atom is -0.327 e. The highest BCUT2D eigenvalue weighted by molar-refractivity contribution is 7.99. The van der Waals surface area contributed by atoms with Gasteiger partial charge in [0.15, 0.2) is 0 Å². The number of rotatable bonds is 5. The first-order chi connectivity index (χ1) is 10.2. The van der Waals surface area contributed by atoms with Crippen molar-refractivity contribution in [2.45, 2.75) is 24.3 Å². The van der Waals surface area contributed by atoms with E-state index in [9.17, 15) is 0 Å². The SMILES string of the molecule is Cc1ccc(SCC(N)Cc2nc3ccccc3s2)cc1. The molecule has 1 aromatic heterocycles. The molecule has 0 saturated carbocycles. The Balaban J connectivity index is 1.58. The zero-order chi connectivity index (χ0) is 14.7. The maximum atomic E-state index is 6.25. The van der Waals surface area contributed by atoms with Gasteiger partial charge in [0.1, 0.15) is 0 Å². The maximum Gasteiger partial charge on any atom is 0.0954 e. The number of benzene rings is 2. The molecular formula is C17H18N2S2. The van der Waals surface area contributed by atoms with Gasteiger partial charge >= 0.3 is 0 Å². The van der Waals surface area contributed by atoms with Crippen molar-refractivity contribution in [1.82, 2.24) is 4.98 Å². The van der Waals surface area contributed by atoms with Crippen LogP contribution in [0.1, 0.15) is 10.6 Å². The molecule has 1 unspecified atom stereocenters. The van der Waals surface area contributed by atoms with Crippen molar-refractivity contribution in [2.24, 2.45) is 5.73 Å². The van der Waals surface area contributed by atoms with E-state index in [1.165, 1.54) is 15.2 Å². The van der Waals surface area contributed by atoms with Crippen LogP contribution in [0.4, 0.5) is 0 Å². The summed E-state index contributed by atoms with van der Waals surface area (Å²) in [5.41, 5.74) is 8.62. The van der Waals surface area contributed by atoms with E-state index in [2.05, 4.69) is 54.4 Å². The summed E-state index contributed by atoms with van der Waals surface area (Å²) in [5.74, 6) is 0.916. The lowest BCUT2D eigenvalue weighted by Crippen LogP contribution is -2.25. The van der Waals surface area contributed by atoms with E-state index in [4.69, 9.17) is 5.73 Å². The largest absolute Gasteiger partial charge is 0.327 e. The number of hydrogen-bond acceptors (Lipinski definition) is 4. The molecule has 0 saturated heterocycles. The number of para-hydroxylation sites is 1. The van der Waals surface area contributed by atoms with Crippen LogP contribution in [-0.4, -0.2) is 16.8 Å². The van der Waals surface area contributed by atoms with Crippen molar-refractivity contribution in [2.75, 3.05) is 5.75 Å². The number of aromatic nitrogens is 1. The molecule has 0 bridgehead atoms. The number of aryl methyl sites for hydroxylation is 1. The number of hydrogen-bond donors (Lipinski definition) is 1. The Labute approximate surface area is 133 Å². The summed E-state index contributed by atoms with van der Waals surface area (Å²) in [7, 11) is 0. The Hall–Kier alpha value is -1.36. The van der Waals surface area contributed by atoms with Crippen molar-refractivity contribution >= 4 is 33.3 Å². The van der Waals surface area contributed by atoms with Crippen molar-refractivity contribution in [3.05, 3.63) is 59.1 Å². The molecule has 108 valence electrons. The Kier molecular flexibility index (Phi) is 4.58. The Bertz CT molecular complexity index is 686. The monoisotopic (exact) mass is 314 g/mol. The molecule has 0 amide bonds. The second-order valence-corrected chi connectivity index (χ2v) is 7.37. The lowest BCUT2D eigenvalue weighted by molar-refractivity contribution is 0.745. The predicted octanol–water partition coefficient (Wildman–Crippen LogP) is 4.27. The second kappa shape index (κ2) is 6.60. The van der Waals surface area contributed by atoms with Crippen molar-refractivity contribution in [3.8, 4) is 0 Å². The lowest BCUT2D eigenvalue weighted by Gasteiger charge is -2.09. The molecule has 2 nitrogen and oxygen atoms in total. The van der Waals surface area contributed by atoms with E-state index in [0.717, 1.165) is 22.7 Å². The number of fused-ring (bicyclic) bond motifs is 1. The molecular weight excluding hydrogens is 296 g/mol. The fourth-order valence-corrected chi connectivity index (χ4v) is 4.04. The zero-order valence-electron chi connectivity index (χ0n) is 12.0. The maximum absolute atomic E-state index is 6.25. The lowest BCUT2D eigenvalue weighted by atomic mass is 10.2. The van der Waals surface area contributed by atoms with Gasteiger partial charge in [-0.15, -0.1) is 23.1 Å². The minimum absolute atomic E-state index is 0.136. The van der Waals surface area contributed by atoms with Gasteiger partial charge in [0, 0.05) is 23.1 Å². The number of nitrogens with zero attached hydrogens (tertiary/aromatic N) is 1. The quantitative estimate of drug-likeness (QED) is 0.715. The van der Waals surface area contributed by atoms with Crippen molar-refractivity contribution in [3.63, 3.8) is 0 Å². The van der Waals surface area contributed by atoms with E-state index in [1.807, 2.05) is 17.8 Å². The smallest absolute Gasteiger partial charge is 0.0954 e. The minimum atomic E-state index is 0.136. The Morgan fingerprint density at radius 2 is 1.90 bits per heavy atom. The van der Waals surface area contributed by atoms with E-state index in [-0.39, 0.29) is 6.04 Å². The van der Waals surface area contributed by atoms with E-state index >= 15 is 0 Å². The molecule has 4 heteroatoms. The van der Waals surface area contributed by atoms with Crippen LogP contribution in [0.25, 0.3) is 10.2 Å². The van der Waals surface area contributed by atoms with Crippen molar-refractivity contribution in [1.29, 1.82) is 0 Å². The summed E-state index contributed by atoms with van der Waals surface area (Å²) in [4.78, 5) is 5.93. The van der Waals surface area contributed by atoms with E-state index < -0.39 is 0 Å². The third-order valence-corrected chi connectivity index (χ3v) is 5.52. The predicted molar refractivity (Wildman–Crippen MR) is 93.2 cm³/mol. The summed E-state index contributed by atoms with van der Waals surface area (Å²) in [5, 5.41) is 1.13. The fraction of sp³-hybridized carbons (Fsp3) is 0.235. The molecule has 0 aliphatic carbocycles. The van der Waals surface area contributed by atoms with Gasteiger partial charge in [-0.2, -0.15) is 0 Å². The Morgan fingerprint density at radius 1 is 1.14 bits per heavy atom. The number of thioether (sulfide) groups is 1. The second-order valence-electron chi connectivity index (χ2n) is 5.16. The standard InChI is InChI=1S/C17H18N2S2/c1-12-6-8-14(9-7-12)20-11-13(18)10-17-19-15-4-2-3-5-16(15)21-17/h2-9,13H,10-11,18H2,1H3. The van der Waals surface area contributed by atoms with Crippen LogP contribution in [0, 0.1) is 6.92 Å². The van der Waals surface area contributed by atoms with Crippen LogP contribution in [-0.2, 0) is 6.42 Å². The van der Waals surface area contributed by atoms with Crippen molar-refractivity contribution < 1.29 is 0 Å². The molecule has 2 N–H and O–H groups in total. The third kappa shape index (κ3) is 3.84. The first-order valence-corrected chi connectivity index (χ1v) is 8.80. The molecule has 21 heavy (non-hydrogen) atoms. The van der Waals surface area contributed by atoms with Crippen LogP contribution in [0.5, 0.6) is 0 Å². The summed E-state index contributed by atoms with van der Waals surface area (Å²) in [6.45, 7) is 2.10. The molecule has 3 rings (SSSR count). The molecule has 0 radical (unpaired) electrons. The number of nitrogens with two attached hydrogens (primary N) is 1. The molecule has 1 heterocycles. The van der Waals surface area contributed by atoms with Crippen LogP contribution in [0.2, 0.25) is 0 Å². The molecule has 3 aromatic rings. The average molecular weight is 314 g/mol. The van der Waals surface area contributed by atoms with Crippen LogP contribution in [0.15, 0.2) is 53.4 Å². The van der Waals surface area contributed by atoms with Crippen LogP contribution in [0.3, 0.4) is 0 Å². The van der Waals surface area contributed by atoms with Gasteiger partial charge in [0.25, 0.3) is 0 Å². The van der Waals surface area contributed by atoms with Gasteiger partial charge in [0.2, 0.25) is 0 Å². The van der Waals surface area contributed by atoms with E-state index in [0.29, 0.717) is 0 Å².